The molecule has 0 unspecified atom stereocenters. The Hall–Kier alpha value is -0.470. The van der Waals surface area contributed by atoms with E-state index in [-0.39, 0.29) is 0 Å². The second-order valence-corrected chi connectivity index (χ2v) is 2.30. The topological polar surface area (TPSA) is 24.4 Å². The Bertz CT molecular complexity index is 205. The summed E-state index contributed by atoms with van der Waals surface area (Å²) in [6, 6.07) is 0. The van der Waals surface area contributed by atoms with Crippen LogP contribution >= 0.6 is 23.2 Å². The van der Waals surface area contributed by atoms with Crippen molar-refractivity contribution >= 4 is 29.4 Å². The first-order valence-corrected chi connectivity index (χ1v) is 3.01. The molecule has 0 radical (unpaired) electrons. The van der Waals surface area contributed by atoms with Crippen LogP contribution in [0.25, 0.3) is 0 Å². The Morgan fingerprint density at radius 1 is 1.56 bits per heavy atom. The molecule has 1 rings (SSSR count). The average Bonchev–Trinajstić information content (AvgIpc) is 1.83. The molecule has 0 atom stereocenters. The van der Waals surface area contributed by atoms with Crippen LogP contribution in [-0.2, 0) is 0 Å². The first-order chi connectivity index (χ1) is 4.22. The molecule has 1 N–H and O–H groups in total. The summed E-state index contributed by atoms with van der Waals surface area (Å²) in [5, 5.41) is 4.48. The third-order valence-electron chi connectivity index (χ3n) is 0.852. The monoisotopic (exact) mass is 162 g/mol. The van der Waals surface area contributed by atoms with Crippen LogP contribution in [0.5, 0.6) is 0 Å². The molecule has 0 spiro atoms. The minimum atomic E-state index is 0.417. The second kappa shape index (κ2) is 2.42. The maximum atomic E-state index is 5.61. The number of nitrogens with zero attached hydrogens (tertiary/aromatic N) is 1. The lowest BCUT2D eigenvalue weighted by Crippen LogP contribution is -2.09. The van der Waals surface area contributed by atoms with Gasteiger partial charge >= 0.3 is 0 Å². The summed E-state index contributed by atoms with van der Waals surface area (Å²) in [7, 11) is 0. The Kier molecular flexibility index (Phi) is 1.78. The standard InChI is InChI=1S/C5H4Cl2N2/c1-3-5(7)4(6)2-8-9-3/h2,9H,1H2. The van der Waals surface area contributed by atoms with Gasteiger partial charge in [-0.2, -0.15) is 5.10 Å². The minimum Gasteiger partial charge on any atom is -0.278 e. The third kappa shape index (κ3) is 1.26. The predicted molar refractivity (Wildman–Crippen MR) is 39.5 cm³/mol. The zero-order valence-corrected chi connectivity index (χ0v) is 6.00. The molecule has 4 heteroatoms. The van der Waals surface area contributed by atoms with Crippen molar-refractivity contribution < 1.29 is 0 Å². The summed E-state index contributed by atoms with van der Waals surface area (Å²) >= 11 is 11.2. The summed E-state index contributed by atoms with van der Waals surface area (Å²) in [6.07, 6.45) is 1.43. The molecule has 0 aromatic carbocycles. The lowest BCUT2D eigenvalue weighted by molar-refractivity contribution is 0.914. The zero-order valence-electron chi connectivity index (χ0n) is 4.49. The first kappa shape index (κ1) is 6.65. The molecule has 0 bridgehead atoms. The molecule has 48 valence electrons. The van der Waals surface area contributed by atoms with E-state index in [1.54, 1.807) is 0 Å². The van der Waals surface area contributed by atoms with Crippen LogP contribution in [0, 0.1) is 0 Å². The third-order valence-corrected chi connectivity index (χ3v) is 1.67. The highest BCUT2D eigenvalue weighted by atomic mass is 35.5. The van der Waals surface area contributed by atoms with Gasteiger partial charge in [0.2, 0.25) is 0 Å². The molecular formula is C5H4Cl2N2. The lowest BCUT2D eigenvalue weighted by atomic mass is 10.4. The number of rotatable bonds is 0. The van der Waals surface area contributed by atoms with Crippen LogP contribution in [0.1, 0.15) is 0 Å². The molecule has 0 saturated heterocycles. The molecular weight excluding hydrogens is 159 g/mol. The molecule has 0 fully saturated rings. The fraction of sp³-hybridized carbons (Fsp3) is 0. The Balaban J connectivity index is 2.97. The van der Waals surface area contributed by atoms with Crippen molar-refractivity contribution in [2.75, 3.05) is 0 Å². The van der Waals surface area contributed by atoms with Crippen molar-refractivity contribution in [1.82, 2.24) is 5.43 Å². The number of hydrogen-bond donors (Lipinski definition) is 1. The van der Waals surface area contributed by atoms with Gasteiger partial charge in [0, 0.05) is 0 Å². The van der Waals surface area contributed by atoms with Crippen molar-refractivity contribution in [3.63, 3.8) is 0 Å². The Morgan fingerprint density at radius 2 is 2.22 bits per heavy atom. The van der Waals surface area contributed by atoms with Gasteiger partial charge in [-0.25, -0.2) is 0 Å². The SMILES string of the molecule is C=C1NN=CC(Cl)=C1Cl. The van der Waals surface area contributed by atoms with Crippen molar-refractivity contribution in [1.29, 1.82) is 0 Å². The molecule has 0 aliphatic carbocycles. The lowest BCUT2D eigenvalue weighted by Gasteiger charge is -2.07. The van der Waals surface area contributed by atoms with E-state index in [2.05, 4.69) is 17.1 Å². The largest absolute Gasteiger partial charge is 0.278 e. The fourth-order valence-electron chi connectivity index (χ4n) is 0.417. The maximum Gasteiger partial charge on any atom is 0.0852 e. The number of nitrogens with one attached hydrogen (secondary N) is 1. The van der Waals surface area contributed by atoms with Crippen LogP contribution in [0.4, 0.5) is 0 Å². The summed E-state index contributed by atoms with van der Waals surface area (Å²) in [6.45, 7) is 3.55. The average molecular weight is 163 g/mol. The molecule has 9 heavy (non-hydrogen) atoms. The normalized spacial score (nSPS) is 18.2. The van der Waals surface area contributed by atoms with Gasteiger partial charge in [-0.1, -0.05) is 29.8 Å². The van der Waals surface area contributed by atoms with Crippen LogP contribution in [0.15, 0.2) is 27.4 Å². The van der Waals surface area contributed by atoms with E-state index in [1.807, 2.05) is 0 Å². The number of hydrogen-bond acceptors (Lipinski definition) is 2. The Labute approximate surface area is 62.8 Å². The van der Waals surface area contributed by atoms with E-state index < -0.39 is 0 Å². The molecule has 0 aromatic rings. The van der Waals surface area contributed by atoms with Crippen molar-refractivity contribution in [2.45, 2.75) is 0 Å². The van der Waals surface area contributed by atoms with Gasteiger partial charge in [0.25, 0.3) is 0 Å². The number of hydrazone groups is 1. The number of halogens is 2. The van der Waals surface area contributed by atoms with Crippen LogP contribution in [0.3, 0.4) is 0 Å². The van der Waals surface area contributed by atoms with E-state index in [0.29, 0.717) is 15.8 Å². The van der Waals surface area contributed by atoms with Gasteiger partial charge in [0.15, 0.2) is 0 Å². The van der Waals surface area contributed by atoms with Gasteiger partial charge < -0.3 is 0 Å². The van der Waals surface area contributed by atoms with E-state index in [9.17, 15) is 0 Å². The van der Waals surface area contributed by atoms with Crippen LogP contribution < -0.4 is 5.43 Å². The van der Waals surface area contributed by atoms with Crippen molar-refractivity contribution in [2.24, 2.45) is 5.10 Å². The highest BCUT2D eigenvalue weighted by Crippen LogP contribution is 2.19. The fourth-order valence-corrected chi connectivity index (χ4v) is 0.671. The highest BCUT2D eigenvalue weighted by Gasteiger charge is 2.06. The molecule has 0 aromatic heterocycles. The maximum absolute atomic E-state index is 5.61. The van der Waals surface area contributed by atoms with E-state index in [4.69, 9.17) is 23.2 Å². The molecule has 1 aliphatic heterocycles. The molecule has 1 aliphatic rings. The summed E-state index contributed by atoms with van der Waals surface area (Å²) in [5.74, 6) is 0. The predicted octanol–water partition coefficient (Wildman–Crippen LogP) is 1.78. The van der Waals surface area contributed by atoms with Gasteiger partial charge in [-0.3, -0.25) is 5.43 Å². The van der Waals surface area contributed by atoms with Crippen molar-refractivity contribution in [3.05, 3.63) is 22.3 Å². The smallest absolute Gasteiger partial charge is 0.0852 e. The van der Waals surface area contributed by atoms with Gasteiger partial charge in [-0.05, 0) is 0 Å². The van der Waals surface area contributed by atoms with Crippen molar-refractivity contribution in [3.8, 4) is 0 Å². The van der Waals surface area contributed by atoms with Gasteiger partial charge in [0.1, 0.15) is 0 Å². The zero-order chi connectivity index (χ0) is 6.85. The second-order valence-electron chi connectivity index (χ2n) is 1.51. The molecule has 2 nitrogen and oxygen atoms in total. The van der Waals surface area contributed by atoms with Crippen LogP contribution in [-0.4, -0.2) is 6.21 Å². The van der Waals surface area contributed by atoms with E-state index in [1.165, 1.54) is 6.21 Å². The quantitative estimate of drug-likeness (QED) is 0.578. The summed E-state index contributed by atoms with van der Waals surface area (Å²) in [5.41, 5.74) is 3.09. The molecule has 0 saturated carbocycles. The van der Waals surface area contributed by atoms with E-state index in [0.717, 1.165) is 0 Å². The molecule has 1 heterocycles. The van der Waals surface area contributed by atoms with Gasteiger partial charge in [-0.15, -0.1) is 0 Å². The highest BCUT2D eigenvalue weighted by molar-refractivity contribution is 6.47. The summed E-state index contributed by atoms with van der Waals surface area (Å²) in [4.78, 5) is 0. The summed E-state index contributed by atoms with van der Waals surface area (Å²) < 4.78 is 0. The Morgan fingerprint density at radius 3 is 2.67 bits per heavy atom. The minimum absolute atomic E-state index is 0.417. The first-order valence-electron chi connectivity index (χ1n) is 2.25. The van der Waals surface area contributed by atoms with E-state index >= 15 is 0 Å². The molecule has 0 amide bonds. The van der Waals surface area contributed by atoms with Gasteiger partial charge in [0.05, 0.1) is 22.0 Å². The van der Waals surface area contributed by atoms with Crippen LogP contribution in [0.2, 0.25) is 0 Å². The number of allylic oxidation sites excluding steroid dienone is 2.